The molecule has 2 N–H and O–H groups in total. The Bertz CT molecular complexity index is 820. The van der Waals surface area contributed by atoms with Crippen molar-refractivity contribution >= 4 is 11.8 Å². The molecule has 6 heteroatoms. The molecule has 2 aromatic carbocycles. The maximum atomic E-state index is 8.92. The molecule has 0 saturated carbocycles. The van der Waals surface area contributed by atoms with Crippen LogP contribution in [0.1, 0.15) is 11.1 Å². The zero-order valence-corrected chi connectivity index (χ0v) is 12.5. The van der Waals surface area contributed by atoms with Crippen molar-refractivity contribution in [3.63, 3.8) is 0 Å². The van der Waals surface area contributed by atoms with E-state index >= 15 is 0 Å². The van der Waals surface area contributed by atoms with Crippen LogP contribution in [0.2, 0.25) is 0 Å². The number of nitriles is 1. The molecule has 0 aliphatic heterocycles. The first-order valence-electron chi connectivity index (χ1n) is 6.65. The van der Waals surface area contributed by atoms with Gasteiger partial charge in [0.05, 0.1) is 11.6 Å². The van der Waals surface area contributed by atoms with Crippen molar-refractivity contribution < 1.29 is 0 Å². The Balaban J connectivity index is 1.77. The number of thioether (sulfide) groups is 1. The fraction of sp³-hybridized carbons (Fsp3) is 0.0625. The van der Waals surface area contributed by atoms with E-state index in [2.05, 4.69) is 16.3 Å². The van der Waals surface area contributed by atoms with Crippen LogP contribution in [0, 0.1) is 11.3 Å². The van der Waals surface area contributed by atoms with Gasteiger partial charge < -0.3 is 5.84 Å². The molecule has 0 unspecified atom stereocenters. The minimum Gasteiger partial charge on any atom is -0.335 e. The lowest BCUT2D eigenvalue weighted by Crippen LogP contribution is -2.11. The molecule has 108 valence electrons. The summed E-state index contributed by atoms with van der Waals surface area (Å²) >= 11 is 1.49. The number of nitrogen functional groups attached to an aromatic ring is 1. The predicted molar refractivity (Wildman–Crippen MR) is 86.3 cm³/mol. The van der Waals surface area contributed by atoms with Gasteiger partial charge in [-0.1, -0.05) is 54.2 Å². The second-order valence-corrected chi connectivity index (χ2v) is 5.59. The maximum absolute atomic E-state index is 8.92. The third-order valence-corrected chi connectivity index (χ3v) is 4.13. The summed E-state index contributed by atoms with van der Waals surface area (Å²) in [4.78, 5) is 0. The number of benzene rings is 2. The van der Waals surface area contributed by atoms with Crippen LogP contribution >= 0.6 is 11.8 Å². The number of hydrogen-bond donors (Lipinski definition) is 1. The second-order valence-electron chi connectivity index (χ2n) is 4.64. The van der Waals surface area contributed by atoms with E-state index in [0.29, 0.717) is 22.3 Å². The van der Waals surface area contributed by atoms with E-state index in [9.17, 15) is 0 Å². The predicted octanol–water partition coefficient (Wildman–Crippen LogP) is 2.82. The zero-order valence-electron chi connectivity index (χ0n) is 11.7. The van der Waals surface area contributed by atoms with Gasteiger partial charge in [0, 0.05) is 11.3 Å². The first-order chi connectivity index (χ1) is 10.8. The van der Waals surface area contributed by atoms with Crippen LogP contribution in [0.4, 0.5) is 0 Å². The molecule has 0 radical (unpaired) electrons. The third-order valence-electron chi connectivity index (χ3n) is 3.12. The maximum Gasteiger partial charge on any atom is 0.210 e. The van der Waals surface area contributed by atoms with E-state index in [4.69, 9.17) is 11.1 Å². The Morgan fingerprint density at radius 3 is 2.68 bits per heavy atom. The lowest BCUT2D eigenvalue weighted by molar-refractivity contribution is 0.849. The summed E-state index contributed by atoms with van der Waals surface area (Å²) in [7, 11) is 0. The van der Waals surface area contributed by atoms with Crippen molar-refractivity contribution in [3.8, 4) is 17.5 Å². The monoisotopic (exact) mass is 307 g/mol. The molecule has 1 aromatic heterocycles. The van der Waals surface area contributed by atoms with Gasteiger partial charge in [0.1, 0.15) is 0 Å². The average molecular weight is 307 g/mol. The summed E-state index contributed by atoms with van der Waals surface area (Å²) < 4.78 is 1.49. The van der Waals surface area contributed by atoms with Crippen LogP contribution < -0.4 is 5.84 Å². The largest absolute Gasteiger partial charge is 0.335 e. The molecule has 3 rings (SSSR count). The molecule has 0 atom stereocenters. The fourth-order valence-corrected chi connectivity index (χ4v) is 2.84. The Kier molecular flexibility index (Phi) is 4.08. The molecule has 0 saturated heterocycles. The topological polar surface area (TPSA) is 80.5 Å². The molecule has 0 amide bonds. The number of rotatable bonds is 4. The highest BCUT2D eigenvalue weighted by Crippen LogP contribution is 2.24. The van der Waals surface area contributed by atoms with Gasteiger partial charge in [-0.15, -0.1) is 10.2 Å². The van der Waals surface area contributed by atoms with E-state index in [-0.39, 0.29) is 0 Å². The Morgan fingerprint density at radius 1 is 1.09 bits per heavy atom. The first kappa shape index (κ1) is 14.2. The Labute approximate surface area is 132 Å². The summed E-state index contributed by atoms with van der Waals surface area (Å²) in [6.07, 6.45) is 0. The molecule has 0 spiro atoms. The SMILES string of the molecule is N#Cc1cccc(CSc2nnc(-c3ccccc3)n2N)c1. The van der Waals surface area contributed by atoms with Gasteiger partial charge in [-0.05, 0) is 17.7 Å². The quantitative estimate of drug-likeness (QED) is 0.592. The van der Waals surface area contributed by atoms with Crippen LogP contribution in [-0.4, -0.2) is 14.9 Å². The zero-order chi connectivity index (χ0) is 15.4. The van der Waals surface area contributed by atoms with Gasteiger partial charge in [-0.2, -0.15) is 5.26 Å². The molecule has 0 aliphatic rings. The lowest BCUT2D eigenvalue weighted by atomic mass is 10.2. The second kappa shape index (κ2) is 6.33. The molecule has 0 aliphatic carbocycles. The third kappa shape index (κ3) is 2.95. The van der Waals surface area contributed by atoms with Crippen molar-refractivity contribution in [2.24, 2.45) is 0 Å². The highest BCUT2D eigenvalue weighted by molar-refractivity contribution is 7.98. The lowest BCUT2D eigenvalue weighted by Gasteiger charge is -2.04. The van der Waals surface area contributed by atoms with Crippen LogP contribution in [-0.2, 0) is 5.75 Å². The Hall–Kier alpha value is -2.78. The number of aromatic nitrogens is 3. The fourth-order valence-electron chi connectivity index (χ4n) is 2.04. The van der Waals surface area contributed by atoms with Gasteiger partial charge >= 0.3 is 0 Å². The van der Waals surface area contributed by atoms with Crippen molar-refractivity contribution in [2.45, 2.75) is 10.9 Å². The van der Waals surface area contributed by atoms with Crippen LogP contribution in [0.5, 0.6) is 0 Å². The van der Waals surface area contributed by atoms with Crippen molar-refractivity contribution in [1.82, 2.24) is 14.9 Å². The molecular formula is C16H13N5S. The molecule has 22 heavy (non-hydrogen) atoms. The smallest absolute Gasteiger partial charge is 0.210 e. The highest BCUT2D eigenvalue weighted by atomic mass is 32.2. The molecular weight excluding hydrogens is 294 g/mol. The number of nitrogens with two attached hydrogens (primary N) is 1. The minimum atomic E-state index is 0.633. The number of nitrogens with zero attached hydrogens (tertiary/aromatic N) is 4. The summed E-state index contributed by atoms with van der Waals surface area (Å²) in [6.45, 7) is 0. The molecule has 0 fully saturated rings. The molecule has 1 heterocycles. The van der Waals surface area contributed by atoms with Crippen molar-refractivity contribution in [1.29, 1.82) is 5.26 Å². The van der Waals surface area contributed by atoms with E-state index in [1.807, 2.05) is 48.5 Å². The summed E-state index contributed by atoms with van der Waals surface area (Å²) in [6, 6.07) is 19.3. The van der Waals surface area contributed by atoms with Gasteiger partial charge in [-0.25, -0.2) is 4.68 Å². The summed E-state index contributed by atoms with van der Waals surface area (Å²) in [5, 5.41) is 17.8. The van der Waals surface area contributed by atoms with Gasteiger partial charge in [-0.3, -0.25) is 0 Å². The van der Waals surface area contributed by atoms with E-state index in [1.54, 1.807) is 6.07 Å². The van der Waals surface area contributed by atoms with Gasteiger partial charge in [0.15, 0.2) is 5.82 Å². The van der Waals surface area contributed by atoms with E-state index < -0.39 is 0 Å². The average Bonchev–Trinajstić information content (AvgIpc) is 2.95. The van der Waals surface area contributed by atoms with Crippen LogP contribution in [0.25, 0.3) is 11.4 Å². The normalized spacial score (nSPS) is 10.3. The summed E-state index contributed by atoms with van der Waals surface area (Å²) in [5.41, 5.74) is 2.63. The van der Waals surface area contributed by atoms with Crippen molar-refractivity contribution in [3.05, 3.63) is 65.7 Å². The van der Waals surface area contributed by atoms with Gasteiger partial charge in [0.25, 0.3) is 0 Å². The number of hydrogen-bond acceptors (Lipinski definition) is 5. The molecule has 3 aromatic rings. The van der Waals surface area contributed by atoms with Crippen LogP contribution in [0.3, 0.4) is 0 Å². The highest BCUT2D eigenvalue weighted by Gasteiger charge is 2.11. The Morgan fingerprint density at radius 2 is 1.91 bits per heavy atom. The van der Waals surface area contributed by atoms with E-state index in [1.165, 1.54) is 16.4 Å². The first-order valence-corrected chi connectivity index (χ1v) is 7.64. The summed E-state index contributed by atoms with van der Waals surface area (Å²) in [5.74, 6) is 7.39. The standard InChI is InChI=1S/C16H13N5S/c17-10-12-5-4-6-13(9-12)11-22-16-20-19-15(21(16)18)14-7-2-1-3-8-14/h1-9H,11,18H2. The minimum absolute atomic E-state index is 0.633. The van der Waals surface area contributed by atoms with E-state index in [0.717, 1.165) is 11.1 Å². The molecule has 5 nitrogen and oxygen atoms in total. The molecule has 0 bridgehead atoms. The van der Waals surface area contributed by atoms with Crippen LogP contribution in [0.15, 0.2) is 59.8 Å². The van der Waals surface area contributed by atoms with Gasteiger partial charge in [0.2, 0.25) is 5.16 Å². The van der Waals surface area contributed by atoms with Crippen molar-refractivity contribution in [2.75, 3.05) is 5.84 Å².